The standard InChI is InChI=1S/C17H32N2O4/c1-5-18(12-17(2,3)4)13-8-6-7-9-14(13)19(10-15(20)21)11-16(22)23/h13-14H,5-12H2,1-4H3,(H,20,21)(H,22,23). The average molecular weight is 328 g/mol. The molecule has 1 aliphatic rings. The molecule has 2 atom stereocenters. The molecule has 1 fully saturated rings. The molecule has 6 heteroatoms. The van der Waals surface area contributed by atoms with Crippen molar-refractivity contribution in [2.45, 2.75) is 65.5 Å². The van der Waals surface area contributed by atoms with Gasteiger partial charge in [-0.1, -0.05) is 40.5 Å². The third-order valence-electron chi connectivity index (χ3n) is 4.39. The van der Waals surface area contributed by atoms with Gasteiger partial charge in [0.2, 0.25) is 0 Å². The molecule has 0 amide bonds. The Hall–Kier alpha value is -1.14. The zero-order valence-electron chi connectivity index (χ0n) is 14.9. The van der Waals surface area contributed by atoms with E-state index in [1.165, 1.54) is 0 Å². The summed E-state index contributed by atoms with van der Waals surface area (Å²) in [4.78, 5) is 26.4. The van der Waals surface area contributed by atoms with Gasteiger partial charge in [0.05, 0.1) is 13.1 Å². The molecule has 23 heavy (non-hydrogen) atoms. The second-order valence-electron chi connectivity index (χ2n) is 7.74. The Labute approximate surface area is 139 Å². The Morgan fingerprint density at radius 1 is 0.957 bits per heavy atom. The molecule has 134 valence electrons. The van der Waals surface area contributed by atoms with Crippen LogP contribution in [0.5, 0.6) is 0 Å². The summed E-state index contributed by atoms with van der Waals surface area (Å²) in [5.74, 6) is -1.93. The molecular formula is C17H32N2O4. The van der Waals surface area contributed by atoms with Crippen molar-refractivity contribution in [3.8, 4) is 0 Å². The summed E-state index contributed by atoms with van der Waals surface area (Å²) in [6.07, 6.45) is 4.02. The van der Waals surface area contributed by atoms with Gasteiger partial charge in [0.15, 0.2) is 0 Å². The van der Waals surface area contributed by atoms with Crippen LogP contribution >= 0.6 is 0 Å². The number of nitrogens with zero attached hydrogens (tertiary/aromatic N) is 2. The number of carboxylic acids is 2. The van der Waals surface area contributed by atoms with E-state index < -0.39 is 11.9 Å². The van der Waals surface area contributed by atoms with E-state index in [0.717, 1.165) is 38.8 Å². The van der Waals surface area contributed by atoms with Gasteiger partial charge < -0.3 is 10.2 Å². The molecule has 2 unspecified atom stereocenters. The number of aliphatic carboxylic acids is 2. The third kappa shape index (κ3) is 6.87. The van der Waals surface area contributed by atoms with Gasteiger partial charge in [0.1, 0.15) is 0 Å². The predicted octanol–water partition coefficient (Wildman–Crippen LogP) is 2.14. The van der Waals surface area contributed by atoms with Crippen molar-refractivity contribution >= 4 is 11.9 Å². The highest BCUT2D eigenvalue weighted by molar-refractivity contribution is 5.72. The summed E-state index contributed by atoms with van der Waals surface area (Å²) >= 11 is 0. The van der Waals surface area contributed by atoms with Crippen LogP contribution in [0.4, 0.5) is 0 Å². The van der Waals surface area contributed by atoms with Gasteiger partial charge >= 0.3 is 11.9 Å². The molecule has 0 aromatic carbocycles. The monoisotopic (exact) mass is 328 g/mol. The maximum atomic E-state index is 11.2. The van der Waals surface area contributed by atoms with Gasteiger partial charge in [-0.25, -0.2) is 0 Å². The lowest BCUT2D eigenvalue weighted by molar-refractivity contribution is -0.144. The molecule has 0 aromatic rings. The van der Waals surface area contributed by atoms with Crippen molar-refractivity contribution in [1.82, 2.24) is 9.80 Å². The summed E-state index contributed by atoms with van der Waals surface area (Å²) in [7, 11) is 0. The Morgan fingerprint density at radius 3 is 1.74 bits per heavy atom. The van der Waals surface area contributed by atoms with Crippen molar-refractivity contribution in [2.24, 2.45) is 5.41 Å². The Kier molecular flexibility index (Phi) is 7.48. The lowest BCUT2D eigenvalue weighted by atomic mass is 9.86. The molecule has 0 radical (unpaired) electrons. The first-order valence-corrected chi connectivity index (χ1v) is 8.55. The van der Waals surface area contributed by atoms with Gasteiger partial charge in [0.25, 0.3) is 0 Å². The molecule has 0 saturated heterocycles. The van der Waals surface area contributed by atoms with Crippen LogP contribution in [0.1, 0.15) is 53.4 Å². The van der Waals surface area contributed by atoms with Crippen LogP contribution in [0, 0.1) is 5.41 Å². The predicted molar refractivity (Wildman–Crippen MR) is 89.6 cm³/mol. The van der Waals surface area contributed by atoms with E-state index in [0.29, 0.717) is 0 Å². The average Bonchev–Trinajstić information content (AvgIpc) is 2.42. The van der Waals surface area contributed by atoms with Crippen molar-refractivity contribution in [1.29, 1.82) is 0 Å². The quantitative estimate of drug-likeness (QED) is 0.710. The zero-order valence-corrected chi connectivity index (χ0v) is 14.9. The van der Waals surface area contributed by atoms with Gasteiger partial charge in [-0.3, -0.25) is 19.4 Å². The Bertz CT molecular complexity index is 390. The fraction of sp³-hybridized carbons (Fsp3) is 0.882. The van der Waals surface area contributed by atoms with Crippen LogP contribution < -0.4 is 0 Å². The molecule has 1 aliphatic carbocycles. The fourth-order valence-electron chi connectivity index (χ4n) is 3.65. The SMILES string of the molecule is CCN(CC(C)(C)C)C1CCCCC1N(CC(=O)O)CC(=O)O. The highest BCUT2D eigenvalue weighted by Crippen LogP contribution is 2.29. The molecule has 6 nitrogen and oxygen atoms in total. The molecule has 0 bridgehead atoms. The zero-order chi connectivity index (χ0) is 17.6. The van der Waals surface area contributed by atoms with Crippen LogP contribution in [0.15, 0.2) is 0 Å². The molecule has 2 N–H and O–H groups in total. The molecular weight excluding hydrogens is 296 g/mol. The number of hydrogen-bond acceptors (Lipinski definition) is 4. The highest BCUT2D eigenvalue weighted by atomic mass is 16.4. The van der Waals surface area contributed by atoms with Crippen molar-refractivity contribution in [3.63, 3.8) is 0 Å². The lowest BCUT2D eigenvalue weighted by Crippen LogP contribution is -2.56. The summed E-state index contributed by atoms with van der Waals surface area (Å²) in [5.41, 5.74) is 0.155. The molecule has 0 spiro atoms. The lowest BCUT2D eigenvalue weighted by Gasteiger charge is -2.45. The van der Waals surface area contributed by atoms with Crippen molar-refractivity contribution in [2.75, 3.05) is 26.2 Å². The Morgan fingerprint density at radius 2 is 1.39 bits per heavy atom. The largest absolute Gasteiger partial charge is 0.480 e. The molecule has 0 aliphatic heterocycles. The van der Waals surface area contributed by atoms with E-state index in [9.17, 15) is 9.59 Å². The summed E-state index contributed by atoms with van der Waals surface area (Å²) in [6.45, 7) is 10.1. The van der Waals surface area contributed by atoms with E-state index in [4.69, 9.17) is 10.2 Å². The number of rotatable bonds is 8. The van der Waals surface area contributed by atoms with Gasteiger partial charge in [-0.05, 0) is 24.8 Å². The fourth-order valence-corrected chi connectivity index (χ4v) is 3.65. The third-order valence-corrected chi connectivity index (χ3v) is 4.39. The maximum Gasteiger partial charge on any atom is 0.317 e. The van der Waals surface area contributed by atoms with Crippen LogP contribution in [0.2, 0.25) is 0 Å². The van der Waals surface area contributed by atoms with E-state index in [2.05, 4.69) is 32.6 Å². The van der Waals surface area contributed by atoms with Crippen molar-refractivity contribution in [3.05, 3.63) is 0 Å². The minimum absolute atomic E-state index is 0.00162. The number of carboxylic acid groups (broad SMARTS) is 2. The normalized spacial score (nSPS) is 22.5. The number of hydrogen-bond donors (Lipinski definition) is 2. The first-order chi connectivity index (χ1) is 10.6. The van der Waals surface area contributed by atoms with E-state index in [-0.39, 0.29) is 30.6 Å². The van der Waals surface area contributed by atoms with Crippen LogP contribution in [-0.4, -0.2) is 70.2 Å². The van der Waals surface area contributed by atoms with Crippen LogP contribution in [-0.2, 0) is 9.59 Å². The highest BCUT2D eigenvalue weighted by Gasteiger charge is 2.36. The molecule has 0 heterocycles. The summed E-state index contributed by atoms with van der Waals surface area (Å²) < 4.78 is 0. The maximum absolute atomic E-state index is 11.2. The first kappa shape index (κ1) is 19.9. The number of carbonyl (C=O) groups is 2. The molecule has 1 rings (SSSR count). The summed E-state index contributed by atoms with van der Waals surface area (Å²) in [6, 6.07) is 0.227. The minimum atomic E-state index is -0.963. The van der Waals surface area contributed by atoms with Gasteiger partial charge in [-0.2, -0.15) is 0 Å². The summed E-state index contributed by atoms with van der Waals surface area (Å²) in [5, 5.41) is 18.3. The topological polar surface area (TPSA) is 81.1 Å². The first-order valence-electron chi connectivity index (χ1n) is 8.55. The van der Waals surface area contributed by atoms with Gasteiger partial charge in [0, 0.05) is 18.6 Å². The van der Waals surface area contributed by atoms with E-state index >= 15 is 0 Å². The molecule has 0 aromatic heterocycles. The second-order valence-corrected chi connectivity index (χ2v) is 7.74. The van der Waals surface area contributed by atoms with Crippen LogP contribution in [0.3, 0.4) is 0 Å². The Balaban J connectivity index is 2.96. The number of likely N-dealkylation sites (N-methyl/N-ethyl adjacent to an activating group) is 1. The van der Waals surface area contributed by atoms with E-state index in [1.54, 1.807) is 4.90 Å². The second kappa shape index (κ2) is 8.64. The van der Waals surface area contributed by atoms with Crippen molar-refractivity contribution < 1.29 is 19.8 Å². The smallest absolute Gasteiger partial charge is 0.317 e. The van der Waals surface area contributed by atoms with Gasteiger partial charge in [-0.15, -0.1) is 0 Å². The molecule has 1 saturated carbocycles. The van der Waals surface area contributed by atoms with E-state index in [1.807, 2.05) is 0 Å². The van der Waals surface area contributed by atoms with Crippen LogP contribution in [0.25, 0.3) is 0 Å². The minimum Gasteiger partial charge on any atom is -0.480 e.